The normalized spacial score (nSPS) is 21.0. The number of benzene rings is 1. The van der Waals surface area contributed by atoms with Crippen LogP contribution >= 0.6 is 0 Å². The SMILES string of the molecule is Cc1ccc(C#N)c(N2CCCC(CO)(c3ccccc3)C2)n1. The van der Waals surface area contributed by atoms with Crippen molar-refractivity contribution < 1.29 is 5.11 Å². The van der Waals surface area contributed by atoms with E-state index < -0.39 is 0 Å². The fourth-order valence-corrected chi connectivity index (χ4v) is 3.43. The lowest BCUT2D eigenvalue weighted by Crippen LogP contribution is -2.49. The molecule has 0 radical (unpaired) electrons. The Morgan fingerprint density at radius 1 is 1.26 bits per heavy atom. The molecule has 1 aromatic carbocycles. The van der Waals surface area contributed by atoms with Gasteiger partial charge in [0.05, 0.1) is 12.2 Å². The largest absolute Gasteiger partial charge is 0.395 e. The molecule has 3 rings (SSSR count). The van der Waals surface area contributed by atoms with Gasteiger partial charge in [-0.15, -0.1) is 0 Å². The van der Waals surface area contributed by atoms with Crippen LogP contribution in [0.25, 0.3) is 0 Å². The maximum atomic E-state index is 10.1. The Morgan fingerprint density at radius 3 is 2.74 bits per heavy atom. The van der Waals surface area contributed by atoms with Gasteiger partial charge in [0.15, 0.2) is 0 Å². The average Bonchev–Trinajstić information content (AvgIpc) is 2.62. The molecule has 4 nitrogen and oxygen atoms in total. The lowest BCUT2D eigenvalue weighted by Gasteiger charge is -2.43. The van der Waals surface area contributed by atoms with E-state index in [2.05, 4.69) is 28.1 Å². The van der Waals surface area contributed by atoms with Crippen LogP contribution in [0.3, 0.4) is 0 Å². The van der Waals surface area contributed by atoms with Crippen LogP contribution < -0.4 is 4.90 Å². The van der Waals surface area contributed by atoms with Gasteiger partial charge < -0.3 is 10.0 Å². The smallest absolute Gasteiger partial charge is 0.146 e. The topological polar surface area (TPSA) is 60.2 Å². The summed E-state index contributed by atoms with van der Waals surface area (Å²) in [6, 6.07) is 16.1. The molecule has 0 spiro atoms. The Balaban J connectivity index is 1.98. The molecule has 1 aliphatic heterocycles. The van der Waals surface area contributed by atoms with Crippen LogP contribution in [0, 0.1) is 18.3 Å². The third-order valence-corrected chi connectivity index (χ3v) is 4.70. The molecule has 1 aliphatic rings. The number of piperidine rings is 1. The van der Waals surface area contributed by atoms with E-state index in [-0.39, 0.29) is 12.0 Å². The number of hydrogen-bond acceptors (Lipinski definition) is 4. The summed E-state index contributed by atoms with van der Waals surface area (Å²) in [5, 5.41) is 19.5. The summed E-state index contributed by atoms with van der Waals surface area (Å²) in [6.07, 6.45) is 1.91. The minimum atomic E-state index is -0.294. The fourth-order valence-electron chi connectivity index (χ4n) is 3.43. The lowest BCUT2D eigenvalue weighted by atomic mass is 9.74. The molecule has 23 heavy (non-hydrogen) atoms. The van der Waals surface area contributed by atoms with Crippen LogP contribution in [0.5, 0.6) is 0 Å². The first-order valence-electron chi connectivity index (χ1n) is 7.98. The summed E-state index contributed by atoms with van der Waals surface area (Å²) >= 11 is 0. The predicted molar refractivity (Wildman–Crippen MR) is 90.3 cm³/mol. The monoisotopic (exact) mass is 307 g/mol. The molecule has 4 heteroatoms. The quantitative estimate of drug-likeness (QED) is 0.947. The number of aryl methyl sites for hydroxylation is 1. The van der Waals surface area contributed by atoms with Gasteiger partial charge in [-0.3, -0.25) is 0 Å². The number of nitrogens with zero attached hydrogens (tertiary/aromatic N) is 3. The zero-order chi connectivity index (χ0) is 16.3. The second-order valence-corrected chi connectivity index (χ2v) is 6.27. The van der Waals surface area contributed by atoms with Gasteiger partial charge in [-0.2, -0.15) is 5.26 Å². The van der Waals surface area contributed by atoms with E-state index in [1.807, 2.05) is 37.3 Å². The Labute approximate surface area is 137 Å². The Hall–Kier alpha value is -2.38. The van der Waals surface area contributed by atoms with Crippen LogP contribution in [0.1, 0.15) is 29.7 Å². The maximum Gasteiger partial charge on any atom is 0.146 e. The number of rotatable bonds is 3. The second-order valence-electron chi connectivity index (χ2n) is 6.27. The highest BCUT2D eigenvalue weighted by Crippen LogP contribution is 2.36. The van der Waals surface area contributed by atoms with Gasteiger partial charge in [-0.25, -0.2) is 4.98 Å². The van der Waals surface area contributed by atoms with E-state index >= 15 is 0 Å². The number of anilines is 1. The lowest BCUT2D eigenvalue weighted by molar-refractivity contribution is 0.172. The first-order valence-corrected chi connectivity index (χ1v) is 7.98. The van der Waals surface area contributed by atoms with Crippen LogP contribution in [-0.2, 0) is 5.41 Å². The van der Waals surface area contributed by atoms with Gasteiger partial charge in [-0.05, 0) is 37.5 Å². The number of aromatic nitrogens is 1. The maximum absolute atomic E-state index is 10.1. The Kier molecular flexibility index (Phi) is 4.31. The molecular formula is C19H21N3O. The van der Waals surface area contributed by atoms with Gasteiger partial charge in [0.1, 0.15) is 11.9 Å². The molecule has 2 heterocycles. The van der Waals surface area contributed by atoms with E-state index in [9.17, 15) is 10.4 Å². The Bertz CT molecular complexity index is 723. The van der Waals surface area contributed by atoms with Crippen molar-refractivity contribution >= 4 is 5.82 Å². The molecule has 1 aromatic heterocycles. The molecule has 1 atom stereocenters. The fraction of sp³-hybridized carbons (Fsp3) is 0.368. The molecule has 0 aliphatic carbocycles. The molecule has 0 amide bonds. The summed E-state index contributed by atoms with van der Waals surface area (Å²) in [7, 11) is 0. The number of hydrogen-bond donors (Lipinski definition) is 1. The van der Waals surface area contributed by atoms with Crippen molar-refractivity contribution in [3.63, 3.8) is 0 Å². The van der Waals surface area contributed by atoms with Gasteiger partial charge in [0.2, 0.25) is 0 Å². The summed E-state index contributed by atoms with van der Waals surface area (Å²) in [5.74, 6) is 0.737. The van der Waals surface area contributed by atoms with Crippen molar-refractivity contribution in [2.75, 3.05) is 24.6 Å². The molecule has 1 saturated heterocycles. The van der Waals surface area contributed by atoms with E-state index in [4.69, 9.17) is 0 Å². The van der Waals surface area contributed by atoms with Crippen LogP contribution in [0.15, 0.2) is 42.5 Å². The van der Waals surface area contributed by atoms with E-state index in [0.717, 1.165) is 36.5 Å². The highest BCUT2D eigenvalue weighted by molar-refractivity contribution is 5.55. The van der Waals surface area contributed by atoms with Crippen LogP contribution in [0.4, 0.5) is 5.82 Å². The molecular weight excluding hydrogens is 286 g/mol. The first kappa shape index (κ1) is 15.5. The third-order valence-electron chi connectivity index (χ3n) is 4.70. The molecule has 118 valence electrons. The van der Waals surface area contributed by atoms with Gasteiger partial charge in [-0.1, -0.05) is 30.3 Å². The highest BCUT2D eigenvalue weighted by Gasteiger charge is 2.37. The van der Waals surface area contributed by atoms with E-state index in [1.54, 1.807) is 0 Å². The summed E-state index contributed by atoms with van der Waals surface area (Å²) in [4.78, 5) is 6.73. The zero-order valence-electron chi connectivity index (χ0n) is 13.4. The van der Waals surface area contributed by atoms with Crippen molar-refractivity contribution in [1.29, 1.82) is 5.26 Å². The van der Waals surface area contributed by atoms with Crippen LogP contribution in [-0.4, -0.2) is 29.8 Å². The predicted octanol–water partition coefficient (Wildman–Crippen LogP) is 2.79. The van der Waals surface area contributed by atoms with Crippen LogP contribution in [0.2, 0.25) is 0 Å². The second kappa shape index (κ2) is 6.39. The number of nitriles is 1. The summed E-state index contributed by atoms with van der Waals surface area (Å²) < 4.78 is 0. The number of aliphatic hydroxyl groups is 1. The third kappa shape index (κ3) is 2.93. The number of pyridine rings is 1. The van der Waals surface area contributed by atoms with E-state index in [1.165, 1.54) is 0 Å². The first-order chi connectivity index (χ1) is 11.2. The molecule has 1 unspecified atom stereocenters. The molecule has 0 saturated carbocycles. The molecule has 0 bridgehead atoms. The van der Waals surface area contributed by atoms with Gasteiger partial charge >= 0.3 is 0 Å². The zero-order valence-corrected chi connectivity index (χ0v) is 13.4. The molecule has 1 N–H and O–H groups in total. The van der Waals surface area contributed by atoms with Gasteiger partial charge in [0.25, 0.3) is 0 Å². The number of aliphatic hydroxyl groups excluding tert-OH is 1. The highest BCUT2D eigenvalue weighted by atomic mass is 16.3. The van der Waals surface area contributed by atoms with Gasteiger partial charge in [0, 0.05) is 24.2 Å². The Morgan fingerprint density at radius 2 is 2.04 bits per heavy atom. The van der Waals surface area contributed by atoms with Crippen molar-refractivity contribution in [3.05, 3.63) is 59.3 Å². The van der Waals surface area contributed by atoms with E-state index in [0.29, 0.717) is 12.1 Å². The minimum absolute atomic E-state index is 0.0984. The average molecular weight is 307 g/mol. The van der Waals surface area contributed by atoms with Crippen molar-refractivity contribution in [2.45, 2.75) is 25.2 Å². The summed E-state index contributed by atoms with van der Waals surface area (Å²) in [6.45, 7) is 3.57. The van der Waals surface area contributed by atoms with Crippen molar-refractivity contribution in [3.8, 4) is 6.07 Å². The molecule has 2 aromatic rings. The standard InChI is InChI=1S/C19H21N3O/c1-15-8-9-16(12-20)18(21-15)22-11-5-10-19(13-22,14-23)17-6-3-2-4-7-17/h2-4,6-9,23H,5,10-11,13-14H2,1H3. The van der Waals surface area contributed by atoms with Crippen molar-refractivity contribution in [1.82, 2.24) is 4.98 Å². The molecule has 1 fully saturated rings. The minimum Gasteiger partial charge on any atom is -0.395 e. The van der Waals surface area contributed by atoms with Crippen molar-refractivity contribution in [2.24, 2.45) is 0 Å². The summed E-state index contributed by atoms with van der Waals surface area (Å²) in [5.41, 5.74) is 2.35.